The quantitative estimate of drug-likeness (QED) is 0.152. The zero-order valence-electron chi connectivity index (χ0n) is 36.4. The van der Waals surface area contributed by atoms with Gasteiger partial charge >= 0.3 is 0 Å². The van der Waals surface area contributed by atoms with Crippen LogP contribution in [0.4, 0.5) is 39.8 Å². The highest BCUT2D eigenvalue weighted by atomic mass is 16.3. The predicted molar refractivity (Wildman–Crippen MR) is 269 cm³/mol. The van der Waals surface area contributed by atoms with Gasteiger partial charge in [-0.1, -0.05) is 147 Å². The molecular formula is C60H46N4O. The van der Waals surface area contributed by atoms with Gasteiger partial charge in [0.25, 0.3) is 0 Å². The van der Waals surface area contributed by atoms with Gasteiger partial charge in [0.05, 0.1) is 11.4 Å². The van der Waals surface area contributed by atoms with Crippen molar-refractivity contribution in [2.75, 3.05) is 27.8 Å². The van der Waals surface area contributed by atoms with Crippen molar-refractivity contribution in [3.05, 3.63) is 230 Å². The Hall–Kier alpha value is -8.15. The Morgan fingerprint density at radius 3 is 1.85 bits per heavy atom. The largest absolute Gasteiger partial charge is 0.436 e. The molecule has 2 aliphatic rings. The first kappa shape index (κ1) is 38.5. The molecular weight excluding hydrogens is 793 g/mol. The second kappa shape index (κ2) is 15.6. The molecule has 1 aliphatic carbocycles. The van der Waals surface area contributed by atoms with E-state index in [1.54, 1.807) is 0 Å². The Bertz CT molecular complexity index is 3330. The Balaban J connectivity index is 1.12. The number of anilines is 7. The maximum Gasteiger partial charge on any atom is 0.227 e. The second-order valence-corrected chi connectivity index (χ2v) is 17.5. The van der Waals surface area contributed by atoms with Gasteiger partial charge in [-0.3, -0.25) is 0 Å². The lowest BCUT2D eigenvalue weighted by Gasteiger charge is -2.40. The van der Waals surface area contributed by atoms with Gasteiger partial charge in [0, 0.05) is 58.1 Å². The monoisotopic (exact) mass is 838 g/mol. The molecule has 2 heterocycles. The highest BCUT2D eigenvalue weighted by Crippen LogP contribution is 2.57. The lowest BCUT2D eigenvalue weighted by atomic mass is 9.81. The number of rotatable bonds is 8. The molecule has 312 valence electrons. The average molecular weight is 839 g/mol. The van der Waals surface area contributed by atoms with Crippen LogP contribution in [-0.4, -0.2) is 18.1 Å². The van der Waals surface area contributed by atoms with Crippen LogP contribution in [0.15, 0.2) is 223 Å². The molecule has 5 nitrogen and oxygen atoms in total. The number of oxazole rings is 1. The van der Waals surface area contributed by atoms with Gasteiger partial charge in [-0.25, -0.2) is 4.98 Å². The molecule has 5 heteroatoms. The van der Waals surface area contributed by atoms with Crippen molar-refractivity contribution in [3.63, 3.8) is 0 Å². The molecule has 0 saturated heterocycles. The summed E-state index contributed by atoms with van der Waals surface area (Å²) in [5, 5.41) is 0. The number of nitrogens with zero attached hydrogens (tertiary/aromatic N) is 4. The summed E-state index contributed by atoms with van der Waals surface area (Å²) in [7, 11) is 0. The SMILES string of the molecule is CC1(C)c2ccccc2-c2c(-c3cccc4c3N(c3ccccc3)CCN4c3ccccc3)cc(N(c3ccc(-c4ccccc4)cc3)c3cccc(-c4nc5ccccc5o4)c3)cc21. The van der Waals surface area contributed by atoms with Gasteiger partial charge in [0.15, 0.2) is 5.58 Å². The van der Waals surface area contributed by atoms with E-state index in [9.17, 15) is 0 Å². The van der Waals surface area contributed by atoms with E-state index in [1.165, 1.54) is 67.3 Å². The van der Waals surface area contributed by atoms with Crippen molar-refractivity contribution < 1.29 is 4.42 Å². The first-order chi connectivity index (χ1) is 32.0. The molecule has 0 unspecified atom stereocenters. The molecule has 0 saturated carbocycles. The van der Waals surface area contributed by atoms with E-state index >= 15 is 0 Å². The van der Waals surface area contributed by atoms with Gasteiger partial charge in [-0.2, -0.15) is 0 Å². The standard InChI is InChI=1S/C60H46N4O/c1-60(2)52-28-13-12-26-50(52)57-51(49-27-17-30-55-58(49)63(45-23-10-5-11-24-45)37-36-62(55)44-21-8-4-9-22-44)39-48(40-53(57)60)64(46-34-32-42(33-35-46)41-18-6-3-7-19-41)47-25-16-20-43(38-47)59-61-54-29-14-15-31-56(54)65-59/h3-35,38-40H,36-37H2,1-2H3. The summed E-state index contributed by atoms with van der Waals surface area (Å²) in [4.78, 5) is 12.3. The molecule has 0 fully saturated rings. The molecule has 1 aliphatic heterocycles. The van der Waals surface area contributed by atoms with Crippen molar-refractivity contribution in [1.29, 1.82) is 0 Å². The predicted octanol–water partition coefficient (Wildman–Crippen LogP) is 15.9. The molecule has 10 aromatic rings. The summed E-state index contributed by atoms with van der Waals surface area (Å²) >= 11 is 0. The van der Waals surface area contributed by atoms with Gasteiger partial charge in [-0.15, -0.1) is 0 Å². The molecule has 65 heavy (non-hydrogen) atoms. The maximum atomic E-state index is 6.37. The number of hydrogen-bond acceptors (Lipinski definition) is 5. The first-order valence-electron chi connectivity index (χ1n) is 22.5. The number of hydrogen-bond donors (Lipinski definition) is 0. The van der Waals surface area contributed by atoms with Crippen LogP contribution in [0, 0.1) is 0 Å². The number of fused-ring (bicyclic) bond motifs is 5. The van der Waals surface area contributed by atoms with E-state index < -0.39 is 0 Å². The highest BCUT2D eigenvalue weighted by molar-refractivity contribution is 6.03. The smallest absolute Gasteiger partial charge is 0.227 e. The van der Waals surface area contributed by atoms with Crippen LogP contribution in [0.5, 0.6) is 0 Å². The van der Waals surface area contributed by atoms with E-state index in [-0.39, 0.29) is 5.41 Å². The fraction of sp³-hybridized carbons (Fsp3) is 0.0833. The summed E-state index contributed by atoms with van der Waals surface area (Å²) < 4.78 is 6.37. The van der Waals surface area contributed by atoms with E-state index in [1.807, 2.05) is 24.3 Å². The van der Waals surface area contributed by atoms with E-state index in [0.717, 1.165) is 46.8 Å². The molecule has 0 radical (unpaired) electrons. The van der Waals surface area contributed by atoms with E-state index in [4.69, 9.17) is 9.40 Å². The summed E-state index contributed by atoms with van der Waals surface area (Å²) in [5.41, 5.74) is 20.1. The zero-order valence-corrected chi connectivity index (χ0v) is 36.4. The third-order valence-electron chi connectivity index (χ3n) is 13.4. The maximum absolute atomic E-state index is 6.37. The topological polar surface area (TPSA) is 35.8 Å². The zero-order chi connectivity index (χ0) is 43.5. The summed E-state index contributed by atoms with van der Waals surface area (Å²) in [5.74, 6) is 0.596. The van der Waals surface area contributed by atoms with Crippen LogP contribution < -0.4 is 14.7 Å². The number of aromatic nitrogens is 1. The lowest BCUT2D eigenvalue weighted by molar-refractivity contribution is 0.620. The van der Waals surface area contributed by atoms with Crippen LogP contribution in [0.1, 0.15) is 25.0 Å². The third-order valence-corrected chi connectivity index (χ3v) is 13.4. The molecule has 0 amide bonds. The minimum absolute atomic E-state index is 0.274. The number of benzene rings is 9. The molecule has 0 N–H and O–H groups in total. The second-order valence-electron chi connectivity index (χ2n) is 17.5. The van der Waals surface area contributed by atoms with E-state index in [2.05, 4.69) is 223 Å². The van der Waals surface area contributed by atoms with Gasteiger partial charge in [0.1, 0.15) is 5.52 Å². The lowest BCUT2D eigenvalue weighted by Crippen LogP contribution is -2.36. The van der Waals surface area contributed by atoms with Crippen molar-refractivity contribution in [1.82, 2.24) is 4.98 Å². The molecule has 0 atom stereocenters. The van der Waals surface area contributed by atoms with Crippen LogP contribution in [0.3, 0.4) is 0 Å². The normalized spacial score (nSPS) is 13.6. The van der Waals surface area contributed by atoms with Crippen LogP contribution in [-0.2, 0) is 5.41 Å². The van der Waals surface area contributed by atoms with Crippen molar-refractivity contribution in [2.45, 2.75) is 19.3 Å². The van der Waals surface area contributed by atoms with Gasteiger partial charge < -0.3 is 19.1 Å². The fourth-order valence-electron chi connectivity index (χ4n) is 10.2. The Morgan fingerprint density at radius 2 is 1.08 bits per heavy atom. The van der Waals surface area contributed by atoms with Crippen molar-refractivity contribution in [3.8, 4) is 44.8 Å². The Labute approximate surface area is 380 Å². The van der Waals surface area contributed by atoms with Crippen molar-refractivity contribution >= 4 is 50.9 Å². The highest BCUT2D eigenvalue weighted by Gasteiger charge is 2.39. The minimum atomic E-state index is -0.274. The third kappa shape index (κ3) is 6.58. The molecule has 9 aromatic carbocycles. The molecule has 0 bridgehead atoms. The summed E-state index contributed by atoms with van der Waals surface area (Å²) in [6, 6.07) is 78.6. The van der Waals surface area contributed by atoms with Crippen LogP contribution in [0.2, 0.25) is 0 Å². The minimum Gasteiger partial charge on any atom is -0.436 e. The van der Waals surface area contributed by atoms with Gasteiger partial charge in [-0.05, 0) is 124 Å². The van der Waals surface area contributed by atoms with Crippen LogP contribution >= 0.6 is 0 Å². The van der Waals surface area contributed by atoms with Gasteiger partial charge in [0.2, 0.25) is 5.89 Å². The summed E-state index contributed by atoms with van der Waals surface area (Å²) in [6.07, 6.45) is 0. The van der Waals surface area contributed by atoms with Crippen molar-refractivity contribution in [2.24, 2.45) is 0 Å². The average Bonchev–Trinajstić information content (AvgIpc) is 3.91. The molecule has 12 rings (SSSR count). The first-order valence-corrected chi connectivity index (χ1v) is 22.5. The number of para-hydroxylation sites is 5. The molecule has 1 aromatic heterocycles. The Kier molecular flexibility index (Phi) is 9.23. The summed E-state index contributed by atoms with van der Waals surface area (Å²) in [6.45, 7) is 6.44. The Morgan fingerprint density at radius 1 is 0.462 bits per heavy atom. The van der Waals surface area contributed by atoms with Crippen LogP contribution in [0.25, 0.3) is 55.9 Å². The molecule has 0 spiro atoms. The van der Waals surface area contributed by atoms with E-state index in [0.29, 0.717) is 5.89 Å². The fourth-order valence-corrected chi connectivity index (χ4v) is 10.2.